The van der Waals surface area contributed by atoms with Gasteiger partial charge in [-0.25, -0.2) is 4.57 Å². The number of rotatable bonds is 12. The first-order chi connectivity index (χ1) is 8.06. The van der Waals surface area contributed by atoms with Crippen molar-refractivity contribution < 1.29 is 80.8 Å². The molecule has 0 fully saturated rings. The molecule has 4 nitrogen and oxygen atoms in total. The average molecular weight is 314 g/mol. The van der Waals surface area contributed by atoms with Gasteiger partial charge in [-0.05, 0) is 6.42 Å². The first-order valence-corrected chi connectivity index (χ1v) is 8.29. The molecule has 0 atom stereocenters. The van der Waals surface area contributed by atoms with Gasteiger partial charge in [0.1, 0.15) is 0 Å². The van der Waals surface area contributed by atoms with Crippen LogP contribution in [0.25, 0.3) is 0 Å². The second-order valence-electron chi connectivity index (χ2n) is 4.51. The molecule has 108 valence electrons. The molecular formula is C12H29Na2O4P. The van der Waals surface area contributed by atoms with Crippen LogP contribution in [0.4, 0.5) is 0 Å². The van der Waals surface area contributed by atoms with Gasteiger partial charge in [-0.15, -0.1) is 0 Å². The molecule has 0 aliphatic heterocycles. The number of phosphoric acid groups is 1. The predicted molar refractivity (Wildman–Crippen MR) is 72.1 cm³/mol. The molecule has 7 heteroatoms. The standard InChI is InChI=1S/C12H27O4P.2Na.2H/c1-2-3-4-5-6-7-8-9-10-11-12-16-17(13,14)15;;;;/h2-12H2,1H3,(H2,13,14,15);;;;/q;2*+1;2*-1. The normalized spacial score (nSPS) is 10.7. The molecule has 0 aromatic rings. The van der Waals surface area contributed by atoms with Gasteiger partial charge in [-0.3, -0.25) is 4.52 Å². The SMILES string of the molecule is CCCCCCCCCCCCOP(=O)(O)O.[H-].[H-].[Na+].[Na+]. The van der Waals surface area contributed by atoms with E-state index in [1.807, 2.05) is 0 Å². The maximum absolute atomic E-state index is 10.4. The zero-order valence-corrected chi connectivity index (χ0v) is 17.8. The molecule has 0 aromatic heterocycles. The summed E-state index contributed by atoms with van der Waals surface area (Å²) in [6, 6.07) is 0. The van der Waals surface area contributed by atoms with Gasteiger partial charge >= 0.3 is 66.9 Å². The Kier molecular flexibility index (Phi) is 24.9. The number of unbranched alkanes of at least 4 members (excludes halogenated alkanes) is 9. The summed E-state index contributed by atoms with van der Waals surface area (Å²) in [5.74, 6) is 0. The minimum Gasteiger partial charge on any atom is -1.00 e. The van der Waals surface area contributed by atoms with Crippen LogP contribution in [-0.4, -0.2) is 16.4 Å². The van der Waals surface area contributed by atoms with Crippen molar-refractivity contribution in [1.82, 2.24) is 0 Å². The summed E-state index contributed by atoms with van der Waals surface area (Å²) in [6.07, 6.45) is 12.0. The Morgan fingerprint density at radius 1 is 0.842 bits per heavy atom. The fraction of sp³-hybridized carbons (Fsp3) is 1.00. The third-order valence-corrected chi connectivity index (χ3v) is 3.28. The van der Waals surface area contributed by atoms with Gasteiger partial charge in [0.2, 0.25) is 0 Å². The summed E-state index contributed by atoms with van der Waals surface area (Å²) in [6.45, 7) is 2.39. The zero-order chi connectivity index (χ0) is 13.0. The van der Waals surface area contributed by atoms with Crippen LogP contribution in [0, 0.1) is 0 Å². The second kappa shape index (κ2) is 18.2. The maximum Gasteiger partial charge on any atom is 1.00 e. The van der Waals surface area contributed by atoms with E-state index in [-0.39, 0.29) is 68.6 Å². The van der Waals surface area contributed by atoms with Crippen LogP contribution in [0.3, 0.4) is 0 Å². The summed E-state index contributed by atoms with van der Waals surface area (Å²) < 4.78 is 14.7. The summed E-state index contributed by atoms with van der Waals surface area (Å²) >= 11 is 0. The van der Waals surface area contributed by atoms with E-state index in [2.05, 4.69) is 11.4 Å². The molecule has 0 bridgehead atoms. The van der Waals surface area contributed by atoms with Crippen LogP contribution in [0.1, 0.15) is 74.0 Å². The first-order valence-electron chi connectivity index (χ1n) is 6.76. The Labute approximate surface area is 165 Å². The van der Waals surface area contributed by atoms with Crippen molar-refractivity contribution in [1.29, 1.82) is 0 Å². The Morgan fingerprint density at radius 3 is 1.58 bits per heavy atom. The van der Waals surface area contributed by atoms with E-state index >= 15 is 0 Å². The van der Waals surface area contributed by atoms with Gasteiger partial charge in [0.15, 0.2) is 0 Å². The van der Waals surface area contributed by atoms with Gasteiger partial charge < -0.3 is 12.6 Å². The predicted octanol–water partition coefficient (Wildman–Crippen LogP) is -1.75. The monoisotopic (exact) mass is 314 g/mol. The molecule has 0 aliphatic rings. The van der Waals surface area contributed by atoms with E-state index in [0.29, 0.717) is 0 Å². The van der Waals surface area contributed by atoms with E-state index in [9.17, 15) is 4.57 Å². The maximum atomic E-state index is 10.4. The topological polar surface area (TPSA) is 66.8 Å². The van der Waals surface area contributed by atoms with E-state index in [1.54, 1.807) is 0 Å². The van der Waals surface area contributed by atoms with Crippen molar-refractivity contribution in [2.24, 2.45) is 0 Å². The molecule has 19 heavy (non-hydrogen) atoms. The van der Waals surface area contributed by atoms with Crippen LogP contribution in [0.2, 0.25) is 0 Å². The van der Waals surface area contributed by atoms with Crippen LogP contribution >= 0.6 is 7.82 Å². The summed E-state index contributed by atoms with van der Waals surface area (Å²) in [5, 5.41) is 0. The van der Waals surface area contributed by atoms with Crippen LogP contribution in [0.15, 0.2) is 0 Å². The first kappa shape index (κ1) is 26.0. The Hall–Kier alpha value is 2.11. The molecule has 2 N–H and O–H groups in total. The number of hydrogen-bond acceptors (Lipinski definition) is 2. The van der Waals surface area contributed by atoms with Gasteiger partial charge in [-0.1, -0.05) is 64.7 Å². The fourth-order valence-corrected chi connectivity index (χ4v) is 2.14. The Morgan fingerprint density at radius 2 is 1.21 bits per heavy atom. The molecule has 0 amide bonds. The third kappa shape index (κ3) is 25.4. The van der Waals surface area contributed by atoms with E-state index in [1.165, 1.54) is 44.9 Å². The zero-order valence-electron chi connectivity index (χ0n) is 14.9. The van der Waals surface area contributed by atoms with Gasteiger partial charge in [0.25, 0.3) is 0 Å². The van der Waals surface area contributed by atoms with Crippen molar-refractivity contribution in [2.75, 3.05) is 6.61 Å². The van der Waals surface area contributed by atoms with Crippen molar-refractivity contribution in [3.05, 3.63) is 0 Å². The molecular weight excluding hydrogens is 285 g/mol. The average Bonchev–Trinajstić information content (AvgIpc) is 2.24. The van der Waals surface area contributed by atoms with Crippen molar-refractivity contribution in [3.63, 3.8) is 0 Å². The number of hydrogen-bond donors (Lipinski definition) is 2. The summed E-state index contributed by atoms with van der Waals surface area (Å²) in [7, 11) is -4.24. The molecule has 0 unspecified atom stereocenters. The van der Waals surface area contributed by atoms with Gasteiger partial charge in [-0.2, -0.15) is 0 Å². The van der Waals surface area contributed by atoms with Gasteiger partial charge in [0, 0.05) is 0 Å². The van der Waals surface area contributed by atoms with E-state index in [4.69, 9.17) is 9.79 Å². The molecule has 0 rings (SSSR count). The Bertz CT molecular complexity index is 221. The van der Waals surface area contributed by atoms with E-state index in [0.717, 1.165) is 19.3 Å². The summed E-state index contributed by atoms with van der Waals surface area (Å²) in [5.41, 5.74) is 0. The minimum absolute atomic E-state index is 0. The molecule has 0 radical (unpaired) electrons. The Balaban J connectivity index is -0.000000213. The molecule has 0 saturated heterocycles. The fourth-order valence-electron chi connectivity index (χ4n) is 1.77. The van der Waals surface area contributed by atoms with Crippen molar-refractivity contribution in [2.45, 2.75) is 71.1 Å². The number of phosphoric ester groups is 1. The van der Waals surface area contributed by atoms with Crippen LogP contribution < -0.4 is 59.1 Å². The van der Waals surface area contributed by atoms with Crippen molar-refractivity contribution in [3.8, 4) is 0 Å². The molecule has 0 spiro atoms. The van der Waals surface area contributed by atoms with E-state index < -0.39 is 7.82 Å². The molecule has 0 heterocycles. The van der Waals surface area contributed by atoms with Crippen molar-refractivity contribution >= 4 is 7.82 Å². The summed E-state index contributed by atoms with van der Waals surface area (Å²) in [4.78, 5) is 16.9. The molecule has 0 aromatic carbocycles. The van der Waals surface area contributed by atoms with Crippen LogP contribution in [0.5, 0.6) is 0 Å². The smallest absolute Gasteiger partial charge is 1.00 e. The van der Waals surface area contributed by atoms with Gasteiger partial charge in [0.05, 0.1) is 6.61 Å². The van der Waals surface area contributed by atoms with Crippen LogP contribution in [-0.2, 0) is 9.09 Å². The third-order valence-electron chi connectivity index (χ3n) is 2.76. The largest absolute Gasteiger partial charge is 1.00 e. The quantitative estimate of drug-likeness (QED) is 0.255. The molecule has 0 aliphatic carbocycles. The minimum atomic E-state index is -4.24. The second-order valence-corrected chi connectivity index (χ2v) is 5.75. The molecule has 0 saturated carbocycles.